The van der Waals surface area contributed by atoms with E-state index in [0.717, 1.165) is 6.61 Å². The summed E-state index contributed by atoms with van der Waals surface area (Å²) in [4.78, 5) is 0. The summed E-state index contributed by atoms with van der Waals surface area (Å²) in [5.74, 6) is 0.582. The van der Waals surface area contributed by atoms with Gasteiger partial charge in [0.25, 0.3) is 0 Å². The quantitative estimate of drug-likeness (QED) is 0.698. The second-order valence-electron chi connectivity index (χ2n) is 5.00. The van der Waals surface area contributed by atoms with Crippen LogP contribution in [0, 0.1) is 5.41 Å². The molecule has 0 aromatic carbocycles. The Balaban J connectivity index is 1.88. The first-order valence-electron chi connectivity index (χ1n) is 4.93. The highest BCUT2D eigenvalue weighted by Gasteiger charge is 2.41. The van der Waals surface area contributed by atoms with E-state index in [4.69, 9.17) is 4.74 Å². The average molecular weight is 219 g/mol. The van der Waals surface area contributed by atoms with E-state index in [-0.39, 0.29) is 11.5 Å². The molecule has 1 unspecified atom stereocenters. The molecule has 2 aliphatic heterocycles. The lowest BCUT2D eigenvalue weighted by Crippen LogP contribution is -2.57. The van der Waals surface area contributed by atoms with Gasteiger partial charge in [-0.25, -0.2) is 8.42 Å². The van der Waals surface area contributed by atoms with Gasteiger partial charge in [-0.05, 0) is 0 Å². The molecule has 0 radical (unpaired) electrons. The molecule has 5 heteroatoms. The summed E-state index contributed by atoms with van der Waals surface area (Å²) in [7, 11) is -2.71. The number of sulfone groups is 1. The molecule has 0 bridgehead atoms. The predicted octanol–water partition coefficient (Wildman–Crippen LogP) is -0.202. The molecule has 2 heterocycles. The summed E-state index contributed by atoms with van der Waals surface area (Å²) in [6.45, 7) is 5.74. The fourth-order valence-corrected chi connectivity index (χ4v) is 3.31. The second kappa shape index (κ2) is 3.18. The highest BCUT2D eigenvalue weighted by molar-refractivity contribution is 7.92. The van der Waals surface area contributed by atoms with E-state index >= 15 is 0 Å². The number of hydrogen-bond acceptors (Lipinski definition) is 4. The van der Waals surface area contributed by atoms with Crippen molar-refractivity contribution in [3.63, 3.8) is 0 Å². The second-order valence-corrected chi connectivity index (χ2v) is 7.15. The molecule has 82 valence electrons. The summed E-state index contributed by atoms with van der Waals surface area (Å²) < 4.78 is 27.3. The summed E-state index contributed by atoms with van der Waals surface area (Å²) in [5.41, 5.74) is 0.124. The third kappa shape index (κ3) is 1.94. The Bertz CT molecular complexity index is 311. The van der Waals surface area contributed by atoms with Crippen molar-refractivity contribution in [3.8, 4) is 0 Å². The first-order chi connectivity index (χ1) is 6.39. The van der Waals surface area contributed by atoms with Gasteiger partial charge in [0.05, 0.1) is 24.7 Å². The molecule has 2 saturated heterocycles. The van der Waals surface area contributed by atoms with Crippen molar-refractivity contribution in [1.29, 1.82) is 0 Å². The van der Waals surface area contributed by atoms with E-state index in [1.807, 2.05) is 0 Å². The SMILES string of the molecule is CC1(C)COCC1NC1CS(=O)(=O)C1. The molecule has 2 rings (SSSR count). The molecule has 0 saturated carbocycles. The highest BCUT2D eigenvalue weighted by atomic mass is 32.2. The largest absolute Gasteiger partial charge is 0.379 e. The van der Waals surface area contributed by atoms with Crippen LogP contribution in [0.1, 0.15) is 13.8 Å². The van der Waals surface area contributed by atoms with Crippen molar-refractivity contribution in [2.75, 3.05) is 24.7 Å². The van der Waals surface area contributed by atoms with Gasteiger partial charge < -0.3 is 10.1 Å². The topological polar surface area (TPSA) is 55.4 Å². The van der Waals surface area contributed by atoms with E-state index in [0.29, 0.717) is 24.2 Å². The molecule has 4 nitrogen and oxygen atoms in total. The molecule has 0 aliphatic carbocycles. The average Bonchev–Trinajstić information content (AvgIpc) is 2.27. The molecule has 1 N–H and O–H groups in total. The summed E-state index contributed by atoms with van der Waals surface area (Å²) in [5, 5.41) is 3.36. The Hall–Kier alpha value is -0.130. The first-order valence-corrected chi connectivity index (χ1v) is 6.75. The smallest absolute Gasteiger partial charge is 0.153 e. The normalized spacial score (nSPS) is 35.4. The minimum absolute atomic E-state index is 0.124. The van der Waals surface area contributed by atoms with Crippen LogP contribution in [-0.4, -0.2) is 45.2 Å². The predicted molar refractivity (Wildman–Crippen MR) is 54.0 cm³/mol. The van der Waals surface area contributed by atoms with Crippen LogP contribution < -0.4 is 5.32 Å². The van der Waals surface area contributed by atoms with Crippen LogP contribution in [-0.2, 0) is 14.6 Å². The molecule has 14 heavy (non-hydrogen) atoms. The van der Waals surface area contributed by atoms with Crippen LogP contribution in [0.5, 0.6) is 0 Å². The van der Waals surface area contributed by atoms with Gasteiger partial charge in [0.1, 0.15) is 0 Å². The maximum absolute atomic E-state index is 11.0. The van der Waals surface area contributed by atoms with Crippen LogP contribution in [0.25, 0.3) is 0 Å². The van der Waals surface area contributed by atoms with Crippen LogP contribution in [0.3, 0.4) is 0 Å². The van der Waals surface area contributed by atoms with Gasteiger partial charge in [-0.1, -0.05) is 13.8 Å². The van der Waals surface area contributed by atoms with Crippen molar-refractivity contribution >= 4 is 9.84 Å². The zero-order chi connectivity index (χ0) is 10.4. The van der Waals surface area contributed by atoms with Gasteiger partial charge >= 0.3 is 0 Å². The van der Waals surface area contributed by atoms with Crippen LogP contribution in [0.4, 0.5) is 0 Å². The minimum atomic E-state index is -2.71. The first kappa shape index (κ1) is 10.4. The van der Waals surface area contributed by atoms with Crippen molar-refractivity contribution in [3.05, 3.63) is 0 Å². The minimum Gasteiger partial charge on any atom is -0.379 e. The Morgan fingerprint density at radius 1 is 1.36 bits per heavy atom. The fourth-order valence-electron chi connectivity index (χ4n) is 1.98. The van der Waals surface area contributed by atoms with Crippen LogP contribution in [0.15, 0.2) is 0 Å². The van der Waals surface area contributed by atoms with Crippen molar-refractivity contribution < 1.29 is 13.2 Å². The molecular weight excluding hydrogens is 202 g/mol. The lowest BCUT2D eigenvalue weighted by atomic mass is 9.87. The molecule has 2 aliphatic rings. The van der Waals surface area contributed by atoms with Crippen LogP contribution >= 0.6 is 0 Å². The monoisotopic (exact) mass is 219 g/mol. The van der Waals surface area contributed by atoms with Gasteiger partial charge in [-0.15, -0.1) is 0 Å². The number of rotatable bonds is 2. The van der Waals surface area contributed by atoms with Gasteiger partial charge in [0.2, 0.25) is 0 Å². The molecule has 0 aromatic rings. The summed E-state index contributed by atoms with van der Waals surface area (Å²) in [6, 6.07) is 0.439. The van der Waals surface area contributed by atoms with E-state index < -0.39 is 9.84 Å². The van der Waals surface area contributed by atoms with Gasteiger partial charge in [0.15, 0.2) is 9.84 Å². The third-order valence-electron chi connectivity index (χ3n) is 3.05. The maximum Gasteiger partial charge on any atom is 0.153 e. The molecular formula is C9H17NO3S. The Labute approximate surface area is 84.9 Å². The van der Waals surface area contributed by atoms with Gasteiger partial charge in [-0.2, -0.15) is 0 Å². The van der Waals surface area contributed by atoms with Crippen molar-refractivity contribution in [2.24, 2.45) is 5.41 Å². The van der Waals surface area contributed by atoms with Crippen molar-refractivity contribution in [1.82, 2.24) is 5.32 Å². The van der Waals surface area contributed by atoms with E-state index in [9.17, 15) is 8.42 Å². The van der Waals surface area contributed by atoms with Crippen LogP contribution in [0.2, 0.25) is 0 Å². The summed E-state index contributed by atoms with van der Waals surface area (Å²) >= 11 is 0. The highest BCUT2D eigenvalue weighted by Crippen LogP contribution is 2.28. The third-order valence-corrected chi connectivity index (χ3v) is 4.87. The Morgan fingerprint density at radius 3 is 2.43 bits per heavy atom. The summed E-state index contributed by atoms with van der Waals surface area (Å²) in [6.07, 6.45) is 0. The fraction of sp³-hybridized carbons (Fsp3) is 1.00. The van der Waals surface area contributed by atoms with E-state index in [1.54, 1.807) is 0 Å². The van der Waals surface area contributed by atoms with E-state index in [2.05, 4.69) is 19.2 Å². The molecule has 0 spiro atoms. The Morgan fingerprint density at radius 2 is 2.00 bits per heavy atom. The molecule has 2 fully saturated rings. The zero-order valence-corrected chi connectivity index (χ0v) is 9.43. The molecule has 1 atom stereocenters. The lowest BCUT2D eigenvalue weighted by Gasteiger charge is -2.34. The van der Waals surface area contributed by atoms with Gasteiger partial charge in [-0.3, -0.25) is 0 Å². The molecule has 0 amide bonds. The standard InChI is InChI=1S/C9H17NO3S/c1-9(2)6-13-3-8(9)10-7-4-14(11,12)5-7/h7-8,10H,3-6H2,1-2H3. The lowest BCUT2D eigenvalue weighted by molar-refractivity contribution is 0.166. The number of hydrogen-bond donors (Lipinski definition) is 1. The van der Waals surface area contributed by atoms with Crippen molar-refractivity contribution in [2.45, 2.75) is 25.9 Å². The Kier molecular flexibility index (Phi) is 2.36. The van der Waals surface area contributed by atoms with Gasteiger partial charge in [0, 0.05) is 17.5 Å². The van der Waals surface area contributed by atoms with E-state index in [1.165, 1.54) is 0 Å². The maximum atomic E-state index is 11.0. The molecule has 0 aromatic heterocycles. The zero-order valence-electron chi connectivity index (χ0n) is 8.62. The number of ether oxygens (including phenoxy) is 1. The number of nitrogens with one attached hydrogen (secondary N) is 1.